The van der Waals surface area contributed by atoms with E-state index in [4.69, 9.17) is 17.0 Å². The molecule has 9 nitrogen and oxygen atoms in total. The third-order valence-corrected chi connectivity index (χ3v) is 5.56. The minimum atomic E-state index is -0.596. The number of alkyl carbamates (subject to hydrolysis) is 1. The Bertz CT molecular complexity index is 970. The van der Waals surface area contributed by atoms with Gasteiger partial charge in [0.1, 0.15) is 16.9 Å². The number of thiocarbonyl (C=S) groups is 1. The van der Waals surface area contributed by atoms with Crippen molar-refractivity contribution in [1.82, 2.24) is 20.8 Å². The van der Waals surface area contributed by atoms with Crippen LogP contribution in [0.25, 0.3) is 10.6 Å². The fraction of sp³-hybridized carbons (Fsp3) is 0.389. The summed E-state index contributed by atoms with van der Waals surface area (Å²) in [6.45, 7) is 4.13. The van der Waals surface area contributed by atoms with Crippen LogP contribution in [0.2, 0.25) is 0 Å². The van der Waals surface area contributed by atoms with Gasteiger partial charge in [0.2, 0.25) is 0 Å². The molecule has 2 amide bonds. The van der Waals surface area contributed by atoms with E-state index in [0.717, 1.165) is 11.3 Å². The fourth-order valence-corrected chi connectivity index (χ4v) is 3.71. The molecule has 2 heterocycles. The van der Waals surface area contributed by atoms with Crippen LogP contribution < -0.4 is 15.5 Å². The smallest absolute Gasteiger partial charge is 0.414 e. The van der Waals surface area contributed by atoms with Gasteiger partial charge in [-0.1, -0.05) is 23.6 Å². The van der Waals surface area contributed by atoms with Crippen molar-refractivity contribution in [3.05, 3.63) is 29.0 Å². The molecule has 2 N–H and O–H groups in total. The SMILES string of the molecule is COC(=O)NC(C)c1nnc(-c2ccc(N3C[C@H](CNC(C)=S)OC3=O)cc2F)s1. The Morgan fingerprint density at radius 1 is 1.50 bits per heavy atom. The molecule has 2 aromatic rings. The molecule has 1 aliphatic heterocycles. The fourth-order valence-electron chi connectivity index (χ4n) is 2.76. The number of halogens is 1. The Kier molecular flexibility index (Phi) is 6.77. The summed E-state index contributed by atoms with van der Waals surface area (Å²) in [6.07, 6.45) is -1.52. The maximum Gasteiger partial charge on any atom is 0.414 e. The van der Waals surface area contributed by atoms with Crippen molar-refractivity contribution in [3.63, 3.8) is 0 Å². The predicted molar refractivity (Wildman–Crippen MR) is 113 cm³/mol. The Labute approximate surface area is 181 Å². The molecule has 12 heteroatoms. The van der Waals surface area contributed by atoms with Crippen molar-refractivity contribution < 1.29 is 23.5 Å². The van der Waals surface area contributed by atoms with Crippen molar-refractivity contribution in [1.29, 1.82) is 0 Å². The van der Waals surface area contributed by atoms with Crippen LogP contribution in [0.15, 0.2) is 18.2 Å². The zero-order chi connectivity index (χ0) is 21.8. The molecular formula is C18H20FN5O4S2. The molecule has 3 rings (SSSR count). The molecule has 30 heavy (non-hydrogen) atoms. The van der Waals surface area contributed by atoms with Crippen LogP contribution >= 0.6 is 23.6 Å². The Morgan fingerprint density at radius 2 is 2.27 bits per heavy atom. The summed E-state index contributed by atoms with van der Waals surface area (Å²) in [5, 5.41) is 14.4. The summed E-state index contributed by atoms with van der Waals surface area (Å²) < 4.78 is 24.6. The first-order valence-corrected chi connectivity index (χ1v) is 10.2. The van der Waals surface area contributed by atoms with Crippen molar-refractivity contribution in [2.75, 3.05) is 25.1 Å². The maximum absolute atomic E-state index is 14.8. The van der Waals surface area contributed by atoms with Gasteiger partial charge in [-0.05, 0) is 32.0 Å². The van der Waals surface area contributed by atoms with E-state index in [2.05, 4.69) is 25.6 Å². The summed E-state index contributed by atoms with van der Waals surface area (Å²) in [4.78, 5) is 25.4. The number of anilines is 1. The average molecular weight is 454 g/mol. The van der Waals surface area contributed by atoms with Crippen LogP contribution in [0.5, 0.6) is 0 Å². The predicted octanol–water partition coefficient (Wildman–Crippen LogP) is 3.02. The minimum Gasteiger partial charge on any atom is -0.453 e. The Morgan fingerprint density at radius 3 is 2.93 bits per heavy atom. The lowest BCUT2D eigenvalue weighted by Gasteiger charge is -2.14. The number of cyclic esters (lactones) is 1. The molecule has 1 unspecified atom stereocenters. The number of ether oxygens (including phenoxy) is 2. The average Bonchev–Trinajstić information content (AvgIpc) is 3.33. The largest absolute Gasteiger partial charge is 0.453 e. The van der Waals surface area contributed by atoms with Gasteiger partial charge in [0, 0.05) is 5.56 Å². The number of nitrogens with zero attached hydrogens (tertiary/aromatic N) is 3. The molecule has 2 atom stereocenters. The minimum absolute atomic E-state index is 0.245. The highest BCUT2D eigenvalue weighted by atomic mass is 32.1. The number of benzene rings is 1. The van der Waals surface area contributed by atoms with Crippen molar-refractivity contribution >= 4 is 46.4 Å². The molecule has 160 valence electrons. The lowest BCUT2D eigenvalue weighted by molar-refractivity contribution is 0.143. The maximum atomic E-state index is 14.8. The molecule has 0 spiro atoms. The molecule has 1 fully saturated rings. The summed E-state index contributed by atoms with van der Waals surface area (Å²) in [5.41, 5.74) is 0.628. The Hall–Kier alpha value is -2.86. The van der Waals surface area contributed by atoms with E-state index in [0.29, 0.717) is 27.2 Å². The van der Waals surface area contributed by atoms with Crippen LogP contribution in [0.1, 0.15) is 24.9 Å². The van der Waals surface area contributed by atoms with Gasteiger partial charge >= 0.3 is 12.2 Å². The van der Waals surface area contributed by atoms with Gasteiger partial charge in [0.15, 0.2) is 5.01 Å². The first-order chi connectivity index (χ1) is 14.3. The quantitative estimate of drug-likeness (QED) is 0.643. The van der Waals surface area contributed by atoms with Gasteiger partial charge in [-0.15, -0.1) is 10.2 Å². The molecule has 0 radical (unpaired) electrons. The van der Waals surface area contributed by atoms with E-state index in [1.807, 2.05) is 0 Å². The Balaban J connectivity index is 1.72. The van der Waals surface area contributed by atoms with Crippen molar-refractivity contribution in [3.8, 4) is 10.6 Å². The highest BCUT2D eigenvalue weighted by molar-refractivity contribution is 7.80. The second-order valence-corrected chi connectivity index (χ2v) is 8.14. The van der Waals surface area contributed by atoms with E-state index < -0.39 is 24.0 Å². The molecule has 1 aromatic carbocycles. The van der Waals surface area contributed by atoms with E-state index in [1.165, 1.54) is 24.1 Å². The summed E-state index contributed by atoms with van der Waals surface area (Å²) >= 11 is 6.10. The second kappa shape index (κ2) is 9.30. The van der Waals surface area contributed by atoms with Crippen molar-refractivity contribution in [2.24, 2.45) is 0 Å². The number of aromatic nitrogens is 2. The van der Waals surface area contributed by atoms with Gasteiger partial charge in [-0.25, -0.2) is 14.0 Å². The van der Waals surface area contributed by atoms with Crippen LogP contribution in [0, 0.1) is 5.82 Å². The monoisotopic (exact) mass is 453 g/mol. The van der Waals surface area contributed by atoms with Crippen LogP contribution in [0.4, 0.5) is 19.7 Å². The van der Waals surface area contributed by atoms with E-state index >= 15 is 0 Å². The molecule has 1 saturated heterocycles. The zero-order valence-electron chi connectivity index (χ0n) is 16.5. The molecule has 0 saturated carbocycles. The molecular weight excluding hydrogens is 433 g/mol. The van der Waals surface area contributed by atoms with Gasteiger partial charge in [-0.3, -0.25) is 4.90 Å². The van der Waals surface area contributed by atoms with Crippen LogP contribution in [-0.4, -0.2) is 53.7 Å². The van der Waals surface area contributed by atoms with E-state index in [1.54, 1.807) is 19.9 Å². The van der Waals surface area contributed by atoms with Crippen molar-refractivity contribution in [2.45, 2.75) is 26.0 Å². The highest BCUT2D eigenvalue weighted by Gasteiger charge is 2.32. The second-order valence-electron chi connectivity index (χ2n) is 6.52. The first kappa shape index (κ1) is 21.8. The van der Waals surface area contributed by atoms with Gasteiger partial charge in [0.25, 0.3) is 0 Å². The van der Waals surface area contributed by atoms with Gasteiger partial charge in [0.05, 0.1) is 36.9 Å². The number of amides is 2. The number of methoxy groups -OCH3 is 1. The highest BCUT2D eigenvalue weighted by Crippen LogP contribution is 2.32. The number of rotatable bonds is 6. The molecule has 0 aliphatic carbocycles. The molecule has 1 aromatic heterocycles. The standard InChI is InChI=1S/C18H20FN5O4S2/c1-9(21-17(25)27-3)15-22-23-16(30-15)13-5-4-11(6-14(13)19)24-8-12(28-18(24)26)7-20-10(2)29/h4-6,9,12H,7-8H2,1-3H3,(H,20,29)(H,21,25)/t9?,12-/m0/s1. The first-order valence-electron chi connectivity index (χ1n) is 8.99. The third kappa shape index (κ3) is 5.00. The lowest BCUT2D eigenvalue weighted by Crippen LogP contribution is -2.32. The van der Waals surface area contributed by atoms with Gasteiger partial charge in [-0.2, -0.15) is 0 Å². The van der Waals surface area contributed by atoms with E-state index in [-0.39, 0.29) is 18.2 Å². The number of nitrogens with one attached hydrogen (secondary N) is 2. The number of carbonyl (C=O) groups is 2. The molecule has 0 bridgehead atoms. The summed E-state index contributed by atoms with van der Waals surface area (Å²) in [5.74, 6) is -0.548. The summed E-state index contributed by atoms with van der Waals surface area (Å²) in [6, 6.07) is 3.98. The zero-order valence-corrected chi connectivity index (χ0v) is 18.1. The third-order valence-electron chi connectivity index (χ3n) is 4.28. The van der Waals surface area contributed by atoms with E-state index in [9.17, 15) is 14.0 Å². The number of carbonyl (C=O) groups excluding carboxylic acids is 2. The van der Waals surface area contributed by atoms with Crippen LogP contribution in [0.3, 0.4) is 0 Å². The number of hydrogen-bond acceptors (Lipinski definition) is 8. The summed E-state index contributed by atoms with van der Waals surface area (Å²) in [7, 11) is 1.26. The number of hydrogen-bond donors (Lipinski definition) is 2. The normalized spacial score (nSPS) is 16.7. The lowest BCUT2D eigenvalue weighted by atomic mass is 10.2. The van der Waals surface area contributed by atoms with Crippen LogP contribution in [-0.2, 0) is 9.47 Å². The topological polar surface area (TPSA) is 106 Å². The molecule has 1 aliphatic rings. The van der Waals surface area contributed by atoms with Gasteiger partial charge < -0.3 is 20.1 Å².